The average molecular weight is 448 g/mol. The molecule has 0 radical (unpaired) electrons. The molecule has 9 nitrogen and oxygen atoms in total. The monoisotopic (exact) mass is 448 g/mol. The predicted octanol–water partition coefficient (Wildman–Crippen LogP) is 4.37. The summed E-state index contributed by atoms with van der Waals surface area (Å²) in [5.74, 6) is 0. The Morgan fingerprint density at radius 3 is 1.37 bits per heavy atom. The molecule has 0 saturated carbocycles. The van der Waals surface area contributed by atoms with E-state index in [0.717, 1.165) is 0 Å². The van der Waals surface area contributed by atoms with Gasteiger partial charge in [-0.2, -0.15) is 0 Å². The van der Waals surface area contributed by atoms with Gasteiger partial charge in [0.25, 0.3) is 0 Å². The largest absolute Gasteiger partial charge is 0.327 e. The van der Waals surface area contributed by atoms with E-state index in [9.17, 15) is 13.7 Å². The molecule has 0 amide bonds. The summed E-state index contributed by atoms with van der Waals surface area (Å²) in [6.45, 7) is 9.19. The van der Waals surface area contributed by atoms with Crippen molar-refractivity contribution in [2.45, 2.75) is 26.7 Å². The van der Waals surface area contributed by atoms with Gasteiger partial charge in [0.2, 0.25) is 0 Å². The van der Waals surface area contributed by atoms with Gasteiger partial charge in [-0.05, 0) is 12.8 Å². The molecule has 12 heteroatoms. The van der Waals surface area contributed by atoms with Crippen LogP contribution in [0.5, 0.6) is 0 Å². The van der Waals surface area contributed by atoms with Crippen LogP contribution in [0.1, 0.15) is 26.7 Å². The van der Waals surface area contributed by atoms with Crippen molar-refractivity contribution in [1.82, 2.24) is 0 Å². The molecule has 2 rings (SSSR count). The molecule has 0 aromatic heterocycles. The highest BCUT2D eigenvalue weighted by atomic mass is 31.2. The van der Waals surface area contributed by atoms with Crippen LogP contribution in [0.15, 0.2) is 0 Å². The quantitative estimate of drug-likeness (QED) is 0.500. The summed E-state index contributed by atoms with van der Waals surface area (Å²) in [7, 11) is -9.37. The van der Waals surface area contributed by atoms with E-state index in [4.69, 9.17) is 27.1 Å². The molecule has 2 heterocycles. The highest BCUT2D eigenvalue weighted by Crippen LogP contribution is 2.55. The van der Waals surface area contributed by atoms with Crippen molar-refractivity contribution in [3.8, 4) is 0 Å². The zero-order valence-corrected chi connectivity index (χ0v) is 19.4. The first-order valence-electron chi connectivity index (χ1n) is 8.96. The van der Waals surface area contributed by atoms with Crippen LogP contribution in [0.2, 0.25) is 0 Å². The third-order valence-electron chi connectivity index (χ3n) is 5.13. The fraction of sp³-hybridized carbons (Fsp3) is 1.00. The highest BCUT2D eigenvalue weighted by Gasteiger charge is 2.42. The van der Waals surface area contributed by atoms with Crippen molar-refractivity contribution < 1.29 is 40.8 Å². The molecule has 0 bridgehead atoms. The van der Waals surface area contributed by atoms with Gasteiger partial charge in [0.15, 0.2) is 0 Å². The van der Waals surface area contributed by atoms with E-state index in [-0.39, 0.29) is 39.6 Å². The number of hydrogen-bond donors (Lipinski definition) is 0. The summed E-state index contributed by atoms with van der Waals surface area (Å²) in [4.78, 5) is 0. The van der Waals surface area contributed by atoms with Gasteiger partial charge < -0.3 is 27.1 Å². The summed E-state index contributed by atoms with van der Waals surface area (Å²) < 4.78 is 68.8. The van der Waals surface area contributed by atoms with Crippen LogP contribution in [0.3, 0.4) is 0 Å². The Morgan fingerprint density at radius 1 is 0.815 bits per heavy atom. The molecule has 2 aliphatic heterocycles. The Bertz CT molecular complexity index is 589. The van der Waals surface area contributed by atoms with E-state index in [0.29, 0.717) is 12.8 Å². The summed E-state index contributed by atoms with van der Waals surface area (Å²) >= 11 is 0. The van der Waals surface area contributed by atoms with Gasteiger partial charge in [-0.1, -0.05) is 13.8 Å². The molecule has 0 N–H and O–H groups in total. The fourth-order valence-corrected chi connectivity index (χ4v) is 5.77. The van der Waals surface area contributed by atoms with Gasteiger partial charge in [-0.25, -0.2) is 0 Å². The van der Waals surface area contributed by atoms with Crippen molar-refractivity contribution in [3.63, 3.8) is 0 Å². The van der Waals surface area contributed by atoms with Gasteiger partial charge in [-0.3, -0.25) is 13.7 Å². The van der Waals surface area contributed by atoms with Gasteiger partial charge >= 0.3 is 22.8 Å². The van der Waals surface area contributed by atoms with Crippen LogP contribution in [-0.4, -0.2) is 59.6 Å². The molecule has 160 valence electrons. The Morgan fingerprint density at radius 2 is 1.11 bits per heavy atom. The molecular weight excluding hydrogens is 417 g/mol. The smallest absolute Gasteiger partial charge is 0.308 e. The standard InChI is InChI=1S/C15H31O9P3/c1-6-14(8-19-25(3,16)20-9-14)12-23-27(5,18)24-13-15(7-2)10-21-26(4,17)22-11-15/h6-13H2,1-5H3. The lowest BCUT2D eigenvalue weighted by atomic mass is 9.88. The molecule has 0 aromatic carbocycles. The predicted molar refractivity (Wildman–Crippen MR) is 102 cm³/mol. The van der Waals surface area contributed by atoms with E-state index >= 15 is 0 Å². The summed E-state index contributed by atoms with van der Waals surface area (Å²) in [5.41, 5.74) is -1.04. The van der Waals surface area contributed by atoms with E-state index < -0.39 is 33.6 Å². The lowest BCUT2D eigenvalue weighted by Gasteiger charge is -2.39. The third-order valence-corrected chi connectivity index (χ3v) is 8.72. The first-order valence-corrected chi connectivity index (χ1v) is 14.9. The molecule has 2 saturated heterocycles. The molecule has 27 heavy (non-hydrogen) atoms. The normalized spacial score (nSPS) is 42.6. The summed E-state index contributed by atoms with van der Waals surface area (Å²) in [5, 5.41) is 0. The molecule has 0 atom stereocenters. The van der Waals surface area contributed by atoms with E-state index in [1.165, 1.54) is 20.0 Å². The fourth-order valence-electron chi connectivity index (χ4n) is 2.50. The molecular formula is C15H31O9P3. The minimum absolute atomic E-state index is 0.105. The maximum atomic E-state index is 12.8. The van der Waals surface area contributed by atoms with Crippen molar-refractivity contribution in [3.05, 3.63) is 0 Å². The van der Waals surface area contributed by atoms with E-state index in [1.807, 2.05) is 13.8 Å². The first kappa shape index (κ1) is 23.7. The lowest BCUT2D eigenvalue weighted by Crippen LogP contribution is -2.40. The second kappa shape index (κ2) is 8.67. The average Bonchev–Trinajstić information content (AvgIpc) is 2.61. The van der Waals surface area contributed by atoms with Crippen LogP contribution in [0, 0.1) is 10.8 Å². The van der Waals surface area contributed by atoms with Crippen molar-refractivity contribution >= 4 is 22.8 Å². The SMILES string of the molecule is CCC1(COP(C)(=O)OCC2(CC)COP(C)(=O)OC2)COP(C)(=O)OC1. The zero-order valence-electron chi connectivity index (χ0n) is 16.7. The molecule has 2 aliphatic rings. The topological polar surface area (TPSA) is 107 Å². The van der Waals surface area contributed by atoms with Gasteiger partial charge in [0.05, 0.1) is 39.6 Å². The summed E-state index contributed by atoms with van der Waals surface area (Å²) in [6.07, 6.45) is 1.30. The number of hydrogen-bond acceptors (Lipinski definition) is 9. The van der Waals surface area contributed by atoms with E-state index in [1.54, 1.807) is 0 Å². The Hall–Kier alpha value is 0.450. The number of rotatable bonds is 8. The van der Waals surface area contributed by atoms with E-state index in [2.05, 4.69) is 0 Å². The van der Waals surface area contributed by atoms with Crippen LogP contribution in [0.4, 0.5) is 0 Å². The molecule has 0 aromatic rings. The van der Waals surface area contributed by atoms with Crippen LogP contribution in [-0.2, 0) is 40.8 Å². The molecule has 0 spiro atoms. The highest BCUT2D eigenvalue weighted by molar-refractivity contribution is 7.53. The molecule has 0 unspecified atom stereocenters. The second-order valence-electron chi connectivity index (χ2n) is 7.66. The van der Waals surface area contributed by atoms with Gasteiger partial charge in [-0.15, -0.1) is 0 Å². The first-order chi connectivity index (χ1) is 12.4. The minimum Gasteiger partial charge on any atom is -0.308 e. The zero-order chi connectivity index (χ0) is 20.4. The Labute approximate surface area is 161 Å². The maximum absolute atomic E-state index is 12.8. The van der Waals surface area contributed by atoms with Gasteiger partial charge in [0, 0.05) is 30.8 Å². The molecule has 2 fully saturated rings. The van der Waals surface area contributed by atoms with Crippen molar-refractivity contribution in [2.24, 2.45) is 10.8 Å². The Kier molecular flexibility index (Phi) is 7.62. The lowest BCUT2D eigenvalue weighted by molar-refractivity contribution is -0.0307. The van der Waals surface area contributed by atoms with Gasteiger partial charge in [0.1, 0.15) is 0 Å². The van der Waals surface area contributed by atoms with Crippen LogP contribution in [0.25, 0.3) is 0 Å². The van der Waals surface area contributed by atoms with Crippen molar-refractivity contribution in [1.29, 1.82) is 0 Å². The van der Waals surface area contributed by atoms with Crippen LogP contribution < -0.4 is 0 Å². The Balaban J connectivity index is 1.90. The maximum Gasteiger partial charge on any atom is 0.327 e. The summed E-state index contributed by atoms with van der Waals surface area (Å²) in [6, 6.07) is 0. The second-order valence-corrected chi connectivity index (χ2v) is 13.8. The van der Waals surface area contributed by atoms with Crippen molar-refractivity contribution in [2.75, 3.05) is 59.6 Å². The van der Waals surface area contributed by atoms with Crippen LogP contribution >= 0.6 is 22.8 Å². The molecule has 0 aliphatic carbocycles. The third kappa shape index (κ3) is 6.74. The minimum atomic E-state index is -3.36.